The lowest BCUT2D eigenvalue weighted by atomic mass is 9.81. The third-order valence-electron chi connectivity index (χ3n) is 7.39. The summed E-state index contributed by atoms with van der Waals surface area (Å²) in [7, 11) is 0. The average Bonchev–Trinajstić information content (AvgIpc) is 2.84. The Morgan fingerprint density at radius 3 is 1.97 bits per heavy atom. The molecule has 3 heteroatoms. The van der Waals surface area contributed by atoms with Gasteiger partial charge in [-0.3, -0.25) is 4.79 Å². The van der Waals surface area contributed by atoms with E-state index in [4.69, 9.17) is 0 Å². The van der Waals surface area contributed by atoms with Crippen LogP contribution in [0.25, 0.3) is 70.7 Å². The van der Waals surface area contributed by atoms with Crippen LogP contribution in [0.2, 0.25) is 0 Å². The van der Waals surface area contributed by atoms with Crippen LogP contribution < -0.4 is 0 Å². The first-order valence-electron chi connectivity index (χ1n) is 11.0. The smallest absolute Gasteiger partial charge is 0.214 e. The van der Waals surface area contributed by atoms with Gasteiger partial charge in [-0.25, -0.2) is 8.78 Å². The summed E-state index contributed by atoms with van der Waals surface area (Å²) in [5, 5.41) is 13.1. The fourth-order valence-electron chi connectivity index (χ4n) is 6.00. The van der Waals surface area contributed by atoms with Gasteiger partial charge in [0.05, 0.1) is 0 Å². The number of ketones is 1. The molecule has 0 bridgehead atoms. The topological polar surface area (TPSA) is 17.1 Å². The molecule has 1 nitrogen and oxygen atoms in total. The van der Waals surface area contributed by atoms with Crippen molar-refractivity contribution in [3.8, 4) is 0 Å². The lowest BCUT2D eigenvalue weighted by Gasteiger charge is -2.22. The fraction of sp³-hybridized carbons (Fsp3) is 0.0333. The average molecular weight is 428 g/mol. The van der Waals surface area contributed by atoms with Crippen molar-refractivity contribution in [3.05, 3.63) is 89.8 Å². The van der Waals surface area contributed by atoms with Crippen LogP contribution in [0, 0.1) is 0 Å². The van der Waals surface area contributed by atoms with Crippen molar-refractivity contribution in [1.82, 2.24) is 0 Å². The van der Waals surface area contributed by atoms with Crippen molar-refractivity contribution in [2.24, 2.45) is 0 Å². The van der Waals surface area contributed by atoms with Crippen LogP contribution >= 0.6 is 0 Å². The van der Waals surface area contributed by atoms with E-state index in [1.165, 1.54) is 38.4 Å². The minimum Gasteiger partial charge on any atom is -0.290 e. The second-order valence-corrected chi connectivity index (χ2v) is 9.06. The predicted molar refractivity (Wildman–Crippen MR) is 132 cm³/mol. The van der Waals surface area contributed by atoms with Crippen LogP contribution in [-0.2, 0) is 0 Å². The summed E-state index contributed by atoms with van der Waals surface area (Å²) in [6.45, 7) is 0. The summed E-state index contributed by atoms with van der Waals surface area (Å²) in [5.41, 5.74) is 0.723. The molecule has 0 fully saturated rings. The summed E-state index contributed by atoms with van der Waals surface area (Å²) >= 11 is 0. The van der Waals surface area contributed by atoms with Crippen molar-refractivity contribution in [1.29, 1.82) is 0 Å². The Kier molecular flexibility index (Phi) is 2.97. The first-order valence-corrected chi connectivity index (χ1v) is 11.0. The number of carbonyl (C=O) groups excluding carboxylic acids is 1. The van der Waals surface area contributed by atoms with E-state index in [9.17, 15) is 13.6 Å². The first-order chi connectivity index (χ1) is 16.1. The highest BCUT2D eigenvalue weighted by atomic mass is 19.2. The number of fused-ring (bicyclic) bond motifs is 4. The maximum atomic E-state index is 14.3. The molecule has 1 unspecified atom stereocenters. The number of hydrogen-bond donors (Lipinski definition) is 0. The van der Waals surface area contributed by atoms with E-state index in [1.807, 2.05) is 12.1 Å². The van der Waals surface area contributed by atoms with Crippen LogP contribution in [0.5, 0.6) is 0 Å². The molecular weight excluding hydrogens is 414 g/mol. The van der Waals surface area contributed by atoms with Gasteiger partial charge < -0.3 is 0 Å². The molecule has 0 saturated heterocycles. The van der Waals surface area contributed by atoms with Gasteiger partial charge >= 0.3 is 0 Å². The second kappa shape index (κ2) is 5.62. The minimum absolute atomic E-state index is 0.248. The third-order valence-corrected chi connectivity index (χ3v) is 7.39. The Morgan fingerprint density at radius 1 is 0.606 bits per heavy atom. The predicted octanol–water partition coefficient (Wildman–Crippen LogP) is 8.33. The Morgan fingerprint density at radius 2 is 1.21 bits per heavy atom. The molecule has 33 heavy (non-hydrogen) atoms. The molecule has 154 valence electrons. The van der Waals surface area contributed by atoms with Crippen molar-refractivity contribution in [3.63, 3.8) is 0 Å². The van der Waals surface area contributed by atoms with E-state index in [-0.39, 0.29) is 5.56 Å². The number of halogens is 2. The van der Waals surface area contributed by atoms with E-state index in [1.54, 1.807) is 6.07 Å². The van der Waals surface area contributed by atoms with Crippen LogP contribution in [0.15, 0.2) is 78.6 Å². The Hall–Kier alpha value is -4.11. The zero-order valence-electron chi connectivity index (χ0n) is 17.2. The van der Waals surface area contributed by atoms with Gasteiger partial charge in [-0.05, 0) is 101 Å². The highest BCUT2D eigenvalue weighted by Gasteiger charge is 2.32. The Labute approximate surface area is 186 Å². The summed E-state index contributed by atoms with van der Waals surface area (Å²) in [6.07, 6.45) is -1.02. The summed E-state index contributed by atoms with van der Waals surface area (Å²) in [5.74, 6) is -1.83. The maximum absolute atomic E-state index is 14.3. The lowest BCUT2D eigenvalue weighted by molar-refractivity contribution is 0.0887. The highest BCUT2D eigenvalue weighted by molar-refractivity contribution is 6.39. The Balaban J connectivity index is 1.68. The normalized spacial score (nSPS) is 16.7. The van der Waals surface area contributed by atoms with E-state index >= 15 is 0 Å². The molecule has 0 radical (unpaired) electrons. The van der Waals surface area contributed by atoms with Crippen LogP contribution in [0.1, 0.15) is 15.9 Å². The zero-order valence-corrected chi connectivity index (χ0v) is 17.2. The number of carbonyl (C=O) groups is 1. The fourth-order valence-corrected chi connectivity index (χ4v) is 6.00. The van der Waals surface area contributed by atoms with Gasteiger partial charge in [0.15, 0.2) is 0 Å². The van der Waals surface area contributed by atoms with Crippen LogP contribution in [-0.4, -0.2) is 12.0 Å². The lowest BCUT2D eigenvalue weighted by Crippen LogP contribution is -2.21. The van der Waals surface area contributed by atoms with Crippen molar-refractivity contribution >= 4 is 76.5 Å². The number of rotatable bonds is 0. The molecule has 7 aromatic carbocycles. The quantitative estimate of drug-likeness (QED) is 0.175. The summed E-state index contributed by atoms with van der Waals surface area (Å²) in [6, 6.07) is 24.9. The molecule has 1 aliphatic carbocycles. The molecule has 0 aromatic heterocycles. The maximum Gasteiger partial charge on any atom is 0.214 e. The number of benzene rings is 7. The number of Topliss-reactive ketones (excluding diaryl/α,β-unsaturated/α-hetero) is 1. The van der Waals surface area contributed by atoms with Gasteiger partial charge in [-0.1, -0.05) is 48.5 Å². The molecule has 0 aliphatic heterocycles. The standard InChI is InChI=1S/C30H14F2O/c31-24-13-20-22-11-18-7-5-15-9-14-3-1-2-4-19(14)21-10-17-8-6-16(12-23(20)30(33)29(24)32)26(22)28(17)27(18)25(15)21/h1-13,29H. The molecule has 0 heterocycles. The van der Waals surface area contributed by atoms with Crippen LogP contribution in [0.3, 0.4) is 0 Å². The van der Waals surface area contributed by atoms with Gasteiger partial charge in [0.1, 0.15) is 5.83 Å². The third kappa shape index (κ3) is 1.99. The minimum atomic E-state index is -2.22. The van der Waals surface area contributed by atoms with E-state index < -0.39 is 17.8 Å². The second-order valence-electron chi connectivity index (χ2n) is 9.06. The van der Waals surface area contributed by atoms with E-state index in [0.29, 0.717) is 5.56 Å². The van der Waals surface area contributed by atoms with E-state index in [2.05, 4.69) is 54.6 Å². The molecule has 7 aromatic rings. The molecule has 1 aliphatic rings. The number of alkyl halides is 1. The summed E-state index contributed by atoms with van der Waals surface area (Å²) in [4.78, 5) is 12.6. The first kappa shape index (κ1) is 17.4. The molecular formula is C30H14F2O. The molecule has 0 N–H and O–H groups in total. The van der Waals surface area contributed by atoms with Crippen molar-refractivity contribution < 1.29 is 13.6 Å². The molecule has 0 saturated carbocycles. The molecule has 0 amide bonds. The van der Waals surface area contributed by atoms with Crippen LogP contribution in [0.4, 0.5) is 8.78 Å². The molecule has 8 rings (SSSR count). The van der Waals surface area contributed by atoms with Gasteiger partial charge in [0, 0.05) is 5.56 Å². The molecule has 0 spiro atoms. The number of allylic oxidation sites excluding steroid dienone is 1. The zero-order chi connectivity index (χ0) is 22.0. The molecule has 1 atom stereocenters. The largest absolute Gasteiger partial charge is 0.290 e. The Bertz CT molecular complexity index is 2010. The van der Waals surface area contributed by atoms with Gasteiger partial charge in [0.25, 0.3) is 0 Å². The van der Waals surface area contributed by atoms with E-state index in [0.717, 1.165) is 32.3 Å². The highest BCUT2D eigenvalue weighted by Crippen LogP contribution is 2.47. The van der Waals surface area contributed by atoms with Gasteiger partial charge in [-0.15, -0.1) is 0 Å². The van der Waals surface area contributed by atoms with Crippen molar-refractivity contribution in [2.75, 3.05) is 0 Å². The van der Waals surface area contributed by atoms with Gasteiger partial charge in [-0.2, -0.15) is 0 Å². The monoisotopic (exact) mass is 428 g/mol. The SMILES string of the molecule is O=C1c2cc3ccc4cc5c6ccccc6cc6ccc7cc(c2C=C(F)C1F)c3c4c7c65. The van der Waals surface area contributed by atoms with Gasteiger partial charge in [0.2, 0.25) is 12.0 Å². The van der Waals surface area contributed by atoms with Crippen molar-refractivity contribution in [2.45, 2.75) is 6.17 Å². The number of hydrogen-bond acceptors (Lipinski definition) is 1. The summed E-state index contributed by atoms with van der Waals surface area (Å²) < 4.78 is 28.5.